The molecule has 0 spiro atoms. The summed E-state index contributed by atoms with van der Waals surface area (Å²) in [5.74, 6) is 0.602. The van der Waals surface area contributed by atoms with E-state index in [0.29, 0.717) is 5.92 Å². The van der Waals surface area contributed by atoms with Crippen molar-refractivity contribution in [1.82, 2.24) is 0 Å². The third kappa shape index (κ3) is 2.98. The Hall–Kier alpha value is -0.560. The van der Waals surface area contributed by atoms with E-state index < -0.39 is 0 Å². The first-order valence-corrected chi connectivity index (χ1v) is 5.83. The molecule has 0 bridgehead atoms. The highest BCUT2D eigenvalue weighted by molar-refractivity contribution is 9.10. The number of rotatable bonds is 4. The minimum absolute atomic E-state index is 0.602. The maximum Gasteiger partial charge on any atom is 0.0207 e. The Morgan fingerprint density at radius 1 is 1.43 bits per heavy atom. The monoisotopic (exact) mass is 252 g/mol. The summed E-state index contributed by atoms with van der Waals surface area (Å²) >= 11 is 3.58. The Morgan fingerprint density at radius 2 is 2.14 bits per heavy atom. The molecule has 0 atom stereocenters. The molecule has 0 unspecified atom stereocenters. The first kappa shape index (κ1) is 11.5. The highest BCUT2D eigenvalue weighted by Gasteiger charge is 2.03. The van der Waals surface area contributed by atoms with Gasteiger partial charge in [0.15, 0.2) is 0 Å². The van der Waals surface area contributed by atoms with Crippen molar-refractivity contribution in [3.05, 3.63) is 46.5 Å². The van der Waals surface area contributed by atoms with E-state index in [9.17, 15) is 0 Å². The summed E-state index contributed by atoms with van der Waals surface area (Å²) in [6.07, 6.45) is 4.08. The van der Waals surface area contributed by atoms with Gasteiger partial charge in [0, 0.05) is 4.47 Å². The second kappa shape index (κ2) is 5.35. The zero-order chi connectivity index (χ0) is 10.6. The van der Waals surface area contributed by atoms with Crippen LogP contribution in [0, 0.1) is 0 Å². The molecule has 0 aliphatic rings. The number of aryl methyl sites for hydroxylation is 1. The Kier molecular flexibility index (Phi) is 4.40. The van der Waals surface area contributed by atoms with Gasteiger partial charge in [-0.1, -0.05) is 48.0 Å². The van der Waals surface area contributed by atoms with Crippen LogP contribution in [0.5, 0.6) is 0 Å². The van der Waals surface area contributed by atoms with Gasteiger partial charge >= 0.3 is 0 Å². The van der Waals surface area contributed by atoms with Crippen molar-refractivity contribution in [3.63, 3.8) is 0 Å². The summed E-state index contributed by atoms with van der Waals surface area (Å²) < 4.78 is 1.21. The van der Waals surface area contributed by atoms with Crippen LogP contribution in [0.3, 0.4) is 0 Å². The summed E-state index contributed by atoms with van der Waals surface area (Å²) in [6, 6.07) is 6.62. The van der Waals surface area contributed by atoms with Crippen LogP contribution in [-0.2, 0) is 6.42 Å². The molecule has 14 heavy (non-hydrogen) atoms. The molecule has 0 saturated heterocycles. The highest BCUT2D eigenvalue weighted by Crippen LogP contribution is 2.23. The number of allylic oxidation sites excluding steroid dienone is 1. The molecule has 0 radical (unpaired) electrons. The van der Waals surface area contributed by atoms with Crippen LogP contribution in [-0.4, -0.2) is 0 Å². The van der Waals surface area contributed by atoms with Gasteiger partial charge < -0.3 is 0 Å². The quantitative estimate of drug-likeness (QED) is 0.683. The molecule has 0 aliphatic heterocycles. The molecule has 1 rings (SSSR count). The predicted octanol–water partition coefficient (Wildman–Crippen LogP) is 4.69. The van der Waals surface area contributed by atoms with E-state index in [-0.39, 0.29) is 0 Å². The molecule has 0 amide bonds. The Morgan fingerprint density at radius 3 is 2.71 bits per heavy atom. The average molecular weight is 253 g/mol. The summed E-state index contributed by atoms with van der Waals surface area (Å²) in [6.45, 7) is 8.19. The summed E-state index contributed by atoms with van der Waals surface area (Å²) in [5.41, 5.74) is 2.79. The van der Waals surface area contributed by atoms with Crippen LogP contribution in [0.25, 0.3) is 0 Å². The maximum absolute atomic E-state index is 3.75. The molecule has 1 aromatic rings. The standard InChI is InChI=1S/C13H17Br/c1-4-5-6-12-9-11(10(2)3)7-8-13(12)14/h4,7-10H,1,5-6H2,2-3H3. The maximum atomic E-state index is 3.75. The molecule has 1 aromatic carbocycles. The van der Waals surface area contributed by atoms with E-state index in [0.717, 1.165) is 12.8 Å². The van der Waals surface area contributed by atoms with Crippen molar-refractivity contribution in [2.24, 2.45) is 0 Å². The zero-order valence-corrected chi connectivity index (χ0v) is 10.5. The van der Waals surface area contributed by atoms with Crippen LogP contribution in [0.2, 0.25) is 0 Å². The second-order valence-electron chi connectivity index (χ2n) is 3.83. The van der Waals surface area contributed by atoms with Crippen molar-refractivity contribution in [2.75, 3.05) is 0 Å². The summed E-state index contributed by atoms with van der Waals surface area (Å²) in [7, 11) is 0. The SMILES string of the molecule is C=CCCc1cc(C(C)C)ccc1Br. The fourth-order valence-corrected chi connectivity index (χ4v) is 1.85. The normalized spacial score (nSPS) is 10.6. The number of hydrogen-bond acceptors (Lipinski definition) is 0. The molecule has 0 heterocycles. The van der Waals surface area contributed by atoms with Gasteiger partial charge in [-0.15, -0.1) is 6.58 Å². The van der Waals surface area contributed by atoms with Gasteiger partial charge in [-0.2, -0.15) is 0 Å². The van der Waals surface area contributed by atoms with Gasteiger partial charge in [0.25, 0.3) is 0 Å². The van der Waals surface area contributed by atoms with Crippen molar-refractivity contribution < 1.29 is 0 Å². The van der Waals surface area contributed by atoms with Crippen LogP contribution < -0.4 is 0 Å². The van der Waals surface area contributed by atoms with Gasteiger partial charge in [0.2, 0.25) is 0 Å². The van der Waals surface area contributed by atoms with Crippen molar-refractivity contribution in [2.45, 2.75) is 32.6 Å². The lowest BCUT2D eigenvalue weighted by atomic mass is 9.99. The van der Waals surface area contributed by atoms with Crippen molar-refractivity contribution >= 4 is 15.9 Å². The third-order valence-corrected chi connectivity index (χ3v) is 3.13. The van der Waals surface area contributed by atoms with Crippen LogP contribution in [0.15, 0.2) is 35.3 Å². The third-order valence-electron chi connectivity index (χ3n) is 2.35. The number of benzene rings is 1. The first-order valence-electron chi connectivity index (χ1n) is 5.04. The minimum Gasteiger partial charge on any atom is -0.103 e. The lowest BCUT2D eigenvalue weighted by molar-refractivity contribution is 0.858. The molecule has 0 nitrogen and oxygen atoms in total. The molecule has 0 fully saturated rings. The van der Waals surface area contributed by atoms with Gasteiger partial charge in [0.05, 0.1) is 0 Å². The molecular weight excluding hydrogens is 236 g/mol. The smallest absolute Gasteiger partial charge is 0.0207 e. The van der Waals surface area contributed by atoms with E-state index in [1.807, 2.05) is 6.08 Å². The van der Waals surface area contributed by atoms with Crippen molar-refractivity contribution in [3.8, 4) is 0 Å². The predicted molar refractivity (Wildman–Crippen MR) is 66.7 cm³/mol. The van der Waals surface area contributed by atoms with E-state index >= 15 is 0 Å². The topological polar surface area (TPSA) is 0 Å². The van der Waals surface area contributed by atoms with Gasteiger partial charge in [-0.3, -0.25) is 0 Å². The van der Waals surface area contributed by atoms with Gasteiger partial charge in [0.1, 0.15) is 0 Å². The number of hydrogen-bond donors (Lipinski definition) is 0. The molecular formula is C13H17Br. The zero-order valence-electron chi connectivity index (χ0n) is 8.89. The minimum atomic E-state index is 0.602. The molecule has 0 aliphatic carbocycles. The van der Waals surface area contributed by atoms with Gasteiger partial charge in [-0.25, -0.2) is 0 Å². The fraction of sp³-hybridized carbons (Fsp3) is 0.385. The lowest BCUT2D eigenvalue weighted by Crippen LogP contribution is -1.92. The van der Waals surface area contributed by atoms with E-state index in [1.165, 1.54) is 15.6 Å². The van der Waals surface area contributed by atoms with Crippen LogP contribution >= 0.6 is 15.9 Å². The Balaban J connectivity index is 2.90. The second-order valence-corrected chi connectivity index (χ2v) is 4.69. The van der Waals surface area contributed by atoms with E-state index in [2.05, 4.69) is 54.6 Å². The summed E-state index contributed by atoms with van der Waals surface area (Å²) in [5, 5.41) is 0. The molecule has 0 aromatic heterocycles. The molecule has 76 valence electrons. The largest absolute Gasteiger partial charge is 0.103 e. The average Bonchev–Trinajstić information content (AvgIpc) is 2.16. The Bertz CT molecular complexity index is 313. The first-order chi connectivity index (χ1) is 6.65. The van der Waals surface area contributed by atoms with Gasteiger partial charge in [-0.05, 0) is 36.0 Å². The molecule has 0 N–H and O–H groups in total. The van der Waals surface area contributed by atoms with Crippen molar-refractivity contribution in [1.29, 1.82) is 0 Å². The molecule has 0 saturated carbocycles. The van der Waals surface area contributed by atoms with Crippen LogP contribution in [0.1, 0.15) is 37.3 Å². The highest BCUT2D eigenvalue weighted by atomic mass is 79.9. The molecule has 1 heteroatoms. The Labute approximate surface area is 95.2 Å². The number of halogens is 1. The van der Waals surface area contributed by atoms with E-state index in [4.69, 9.17) is 0 Å². The fourth-order valence-electron chi connectivity index (χ4n) is 1.40. The summed E-state index contributed by atoms with van der Waals surface area (Å²) in [4.78, 5) is 0. The van der Waals surface area contributed by atoms with E-state index in [1.54, 1.807) is 0 Å². The van der Waals surface area contributed by atoms with Crippen LogP contribution in [0.4, 0.5) is 0 Å². The lowest BCUT2D eigenvalue weighted by Gasteiger charge is -2.09.